The summed E-state index contributed by atoms with van der Waals surface area (Å²) in [6.07, 6.45) is 0. The molecule has 0 atom stereocenters. The number of rotatable bonds is 5. The number of nitrogens with one attached hydrogen (secondary N) is 1. The summed E-state index contributed by atoms with van der Waals surface area (Å²) in [6.45, 7) is 4.83. The highest BCUT2D eigenvalue weighted by Crippen LogP contribution is 2.30. The van der Waals surface area contributed by atoms with Crippen molar-refractivity contribution in [2.24, 2.45) is 5.41 Å². The minimum atomic E-state index is -0.871. The van der Waals surface area contributed by atoms with E-state index < -0.39 is 29.6 Å². The van der Waals surface area contributed by atoms with Crippen molar-refractivity contribution in [1.29, 1.82) is 0 Å². The molecule has 0 fully saturated rings. The predicted octanol–water partition coefficient (Wildman–Crippen LogP) is 4.49. The van der Waals surface area contributed by atoms with E-state index in [1.165, 1.54) is 36.4 Å². The largest absolute Gasteiger partial charge is 0.454 e. The molecule has 7 nitrogen and oxygen atoms in total. The first-order valence-corrected chi connectivity index (χ1v) is 11.0. The van der Waals surface area contributed by atoms with Crippen LogP contribution in [0.1, 0.15) is 73.3 Å². The highest BCUT2D eigenvalue weighted by molar-refractivity contribution is 6.30. The van der Waals surface area contributed by atoms with Crippen LogP contribution in [0.2, 0.25) is 0 Å². The van der Waals surface area contributed by atoms with Crippen LogP contribution in [0.4, 0.5) is 5.69 Å². The Morgan fingerprint density at radius 2 is 1.37 bits per heavy atom. The fourth-order valence-electron chi connectivity index (χ4n) is 3.67. The van der Waals surface area contributed by atoms with Crippen LogP contribution in [-0.4, -0.2) is 35.8 Å². The second-order valence-electron chi connectivity index (χ2n) is 9.21. The second kappa shape index (κ2) is 9.10. The Balaban J connectivity index is 1.47. The van der Waals surface area contributed by atoms with Gasteiger partial charge in [-0.15, -0.1) is 0 Å². The zero-order chi connectivity index (χ0) is 25.3. The van der Waals surface area contributed by atoms with E-state index in [-0.39, 0.29) is 39.5 Å². The highest BCUT2D eigenvalue weighted by atomic mass is 16.5. The highest BCUT2D eigenvalue weighted by Gasteiger charge is 2.33. The van der Waals surface area contributed by atoms with Gasteiger partial charge in [0.15, 0.2) is 24.0 Å². The third-order valence-electron chi connectivity index (χ3n) is 5.65. The Morgan fingerprint density at radius 1 is 0.771 bits per heavy atom. The van der Waals surface area contributed by atoms with Crippen LogP contribution in [-0.2, 0) is 9.53 Å². The first kappa shape index (κ1) is 23.8. The van der Waals surface area contributed by atoms with E-state index in [1.54, 1.807) is 51.1 Å². The Kier molecular flexibility index (Phi) is 6.18. The summed E-state index contributed by atoms with van der Waals surface area (Å²) in [7, 11) is 0. The first-order valence-electron chi connectivity index (χ1n) is 11.0. The monoisotopic (exact) mass is 469 g/mol. The van der Waals surface area contributed by atoms with Crippen molar-refractivity contribution in [3.63, 3.8) is 0 Å². The molecule has 1 aliphatic carbocycles. The summed E-state index contributed by atoms with van der Waals surface area (Å²) >= 11 is 0. The van der Waals surface area contributed by atoms with E-state index in [0.29, 0.717) is 11.3 Å². The number of amides is 1. The maximum atomic E-state index is 13.1. The van der Waals surface area contributed by atoms with Crippen LogP contribution < -0.4 is 5.32 Å². The van der Waals surface area contributed by atoms with Gasteiger partial charge in [0.25, 0.3) is 0 Å². The topological polar surface area (TPSA) is 107 Å². The molecule has 3 aromatic carbocycles. The third-order valence-corrected chi connectivity index (χ3v) is 5.65. The van der Waals surface area contributed by atoms with Crippen LogP contribution in [0.3, 0.4) is 0 Å². The van der Waals surface area contributed by atoms with E-state index in [0.717, 1.165) is 0 Å². The van der Waals surface area contributed by atoms with Crippen molar-refractivity contribution in [1.82, 2.24) is 0 Å². The lowest BCUT2D eigenvalue weighted by molar-refractivity contribution is -0.123. The van der Waals surface area contributed by atoms with E-state index in [2.05, 4.69) is 5.32 Å². The number of fused-ring (bicyclic) bond motifs is 2. The molecule has 0 radical (unpaired) electrons. The molecule has 0 aliphatic heterocycles. The van der Waals surface area contributed by atoms with Crippen molar-refractivity contribution in [3.8, 4) is 0 Å². The van der Waals surface area contributed by atoms with Gasteiger partial charge in [0.05, 0.1) is 5.56 Å². The van der Waals surface area contributed by atoms with Crippen LogP contribution >= 0.6 is 0 Å². The molecule has 3 aromatic rings. The Hall–Kier alpha value is -4.39. The molecular weight excluding hydrogens is 446 g/mol. The molecule has 176 valence electrons. The average Bonchev–Trinajstić information content (AvgIpc) is 2.85. The SMILES string of the molecule is CC(C)(C)C(=O)Nc1ccc(C(=O)COC(=O)c2cccc3c2C(=O)c2ccccc2C3=O)cc1. The summed E-state index contributed by atoms with van der Waals surface area (Å²) in [4.78, 5) is 63.4. The molecule has 0 saturated carbocycles. The normalized spacial score (nSPS) is 12.4. The molecule has 1 N–H and O–H groups in total. The fraction of sp³-hybridized carbons (Fsp3) is 0.179. The molecule has 7 heteroatoms. The lowest BCUT2D eigenvalue weighted by Gasteiger charge is -2.19. The van der Waals surface area contributed by atoms with Crippen LogP contribution in [0.5, 0.6) is 0 Å². The molecule has 0 aromatic heterocycles. The zero-order valence-electron chi connectivity index (χ0n) is 19.5. The summed E-state index contributed by atoms with van der Waals surface area (Å²) < 4.78 is 5.20. The van der Waals surface area contributed by atoms with Crippen LogP contribution in [0.25, 0.3) is 0 Å². The van der Waals surface area contributed by atoms with E-state index >= 15 is 0 Å². The van der Waals surface area contributed by atoms with Gasteiger partial charge >= 0.3 is 5.97 Å². The molecule has 0 spiro atoms. The van der Waals surface area contributed by atoms with Crippen LogP contribution in [0, 0.1) is 5.41 Å². The minimum Gasteiger partial charge on any atom is -0.454 e. The van der Waals surface area contributed by atoms with Gasteiger partial charge in [-0.1, -0.05) is 57.2 Å². The molecule has 0 bridgehead atoms. The second-order valence-corrected chi connectivity index (χ2v) is 9.21. The number of Topliss-reactive ketones (excluding diaryl/α,β-unsaturated/α-hetero) is 1. The average molecular weight is 469 g/mol. The van der Waals surface area contributed by atoms with Crippen molar-refractivity contribution < 1.29 is 28.7 Å². The Morgan fingerprint density at radius 3 is 2.00 bits per heavy atom. The molecule has 0 unspecified atom stereocenters. The molecule has 1 amide bonds. The first-order chi connectivity index (χ1) is 16.6. The maximum Gasteiger partial charge on any atom is 0.339 e. The van der Waals surface area contributed by atoms with Crippen molar-refractivity contribution in [2.75, 3.05) is 11.9 Å². The number of benzene rings is 3. The number of ether oxygens (including phenoxy) is 1. The zero-order valence-corrected chi connectivity index (χ0v) is 19.5. The van der Waals surface area contributed by atoms with Gasteiger partial charge in [-0.2, -0.15) is 0 Å². The summed E-state index contributed by atoms with van der Waals surface area (Å²) in [6, 6.07) is 17.1. The number of ketones is 3. The van der Waals surface area contributed by atoms with Gasteiger partial charge in [0.2, 0.25) is 5.91 Å². The fourth-order valence-corrected chi connectivity index (χ4v) is 3.67. The van der Waals surface area contributed by atoms with Crippen molar-refractivity contribution in [2.45, 2.75) is 20.8 Å². The third kappa shape index (κ3) is 4.66. The Labute approximate surface area is 202 Å². The Bertz CT molecular complexity index is 1380. The maximum absolute atomic E-state index is 13.1. The lowest BCUT2D eigenvalue weighted by atomic mass is 9.82. The molecule has 1 aliphatic rings. The minimum absolute atomic E-state index is 0.0207. The van der Waals surface area contributed by atoms with E-state index in [4.69, 9.17) is 4.74 Å². The number of hydrogen-bond donors (Lipinski definition) is 1. The smallest absolute Gasteiger partial charge is 0.339 e. The van der Waals surface area contributed by atoms with Crippen molar-refractivity contribution in [3.05, 3.63) is 100 Å². The standard InChI is InChI=1S/C28H23NO6/c1-28(2,3)27(34)29-17-13-11-16(12-14-17)22(30)15-35-26(33)21-10-6-9-20-23(21)25(32)19-8-5-4-7-18(19)24(20)31/h4-14H,15H2,1-3H3,(H,29,34). The summed E-state index contributed by atoms with van der Waals surface area (Å²) in [5, 5.41) is 2.77. The van der Waals surface area contributed by atoms with Gasteiger partial charge in [0, 0.05) is 38.9 Å². The predicted molar refractivity (Wildman–Crippen MR) is 129 cm³/mol. The number of esters is 1. The summed E-state index contributed by atoms with van der Waals surface area (Å²) in [5.74, 6) is -2.27. The molecule has 35 heavy (non-hydrogen) atoms. The number of anilines is 1. The number of carbonyl (C=O) groups excluding carboxylic acids is 5. The molecule has 0 saturated heterocycles. The quantitative estimate of drug-likeness (QED) is 0.341. The van der Waals surface area contributed by atoms with E-state index in [1.807, 2.05) is 0 Å². The van der Waals surface area contributed by atoms with Gasteiger partial charge < -0.3 is 10.1 Å². The van der Waals surface area contributed by atoms with Gasteiger partial charge in [0.1, 0.15) is 0 Å². The van der Waals surface area contributed by atoms with Gasteiger partial charge in [-0.05, 0) is 30.3 Å². The lowest BCUT2D eigenvalue weighted by Crippen LogP contribution is -2.27. The van der Waals surface area contributed by atoms with Crippen molar-refractivity contribution >= 4 is 34.9 Å². The molecular formula is C28H23NO6. The van der Waals surface area contributed by atoms with Crippen LogP contribution in [0.15, 0.2) is 66.7 Å². The summed E-state index contributed by atoms with van der Waals surface area (Å²) in [5.41, 5.74) is 0.818. The van der Waals surface area contributed by atoms with E-state index in [9.17, 15) is 24.0 Å². The number of carbonyl (C=O) groups is 5. The van der Waals surface area contributed by atoms with Gasteiger partial charge in [-0.25, -0.2) is 4.79 Å². The van der Waals surface area contributed by atoms with Gasteiger partial charge in [-0.3, -0.25) is 19.2 Å². The number of hydrogen-bond acceptors (Lipinski definition) is 6. The molecule has 0 heterocycles. The molecule has 4 rings (SSSR count).